The minimum absolute atomic E-state index is 0.00372. The Balaban J connectivity index is 2.02. The van der Waals surface area contributed by atoms with Crippen LogP contribution in [-0.2, 0) is 26.2 Å². The van der Waals surface area contributed by atoms with Crippen molar-refractivity contribution in [3.8, 4) is 5.75 Å². The zero-order valence-electron chi connectivity index (χ0n) is 20.9. The van der Waals surface area contributed by atoms with E-state index in [0.717, 1.165) is 4.31 Å². The molecule has 8 nitrogen and oxygen atoms in total. The molecule has 0 heterocycles. The number of halogens is 1. The van der Waals surface area contributed by atoms with Crippen LogP contribution in [0.1, 0.15) is 18.9 Å². The number of carbonyl (C=O) groups excluding carboxylic acids is 2. The molecule has 0 unspecified atom stereocenters. The first-order chi connectivity index (χ1) is 17.7. The number of hydrogen-bond acceptors (Lipinski definition) is 5. The summed E-state index contributed by atoms with van der Waals surface area (Å²) in [6.45, 7) is 1.21. The summed E-state index contributed by atoms with van der Waals surface area (Å²) in [4.78, 5) is 27.7. The average Bonchev–Trinajstić information content (AvgIpc) is 2.92. The number of likely N-dealkylation sites (N-methyl/N-ethyl adjacent to an activating group) is 1. The summed E-state index contributed by atoms with van der Waals surface area (Å²) >= 11 is 0. The van der Waals surface area contributed by atoms with Gasteiger partial charge in [-0.15, -0.1) is 0 Å². The van der Waals surface area contributed by atoms with Gasteiger partial charge >= 0.3 is 0 Å². The topological polar surface area (TPSA) is 96.0 Å². The molecule has 10 heteroatoms. The number of para-hydroxylation sites is 1. The molecular formula is C27H30FN3O5S. The summed E-state index contributed by atoms with van der Waals surface area (Å²) in [7, 11) is -1.22. The van der Waals surface area contributed by atoms with Crippen molar-refractivity contribution in [3.63, 3.8) is 0 Å². The molecule has 0 aliphatic heterocycles. The summed E-state index contributed by atoms with van der Waals surface area (Å²) in [5.74, 6) is -0.910. The van der Waals surface area contributed by atoms with Gasteiger partial charge in [0.1, 0.15) is 24.2 Å². The minimum Gasteiger partial charge on any atom is -0.497 e. The van der Waals surface area contributed by atoms with Gasteiger partial charge < -0.3 is 15.0 Å². The molecule has 0 aromatic heterocycles. The van der Waals surface area contributed by atoms with Gasteiger partial charge in [0.25, 0.3) is 10.0 Å². The van der Waals surface area contributed by atoms with E-state index in [1.807, 2.05) is 0 Å². The van der Waals surface area contributed by atoms with E-state index >= 15 is 0 Å². The van der Waals surface area contributed by atoms with Crippen LogP contribution in [0.4, 0.5) is 10.1 Å². The highest BCUT2D eigenvalue weighted by molar-refractivity contribution is 7.92. The van der Waals surface area contributed by atoms with E-state index in [0.29, 0.717) is 23.4 Å². The number of hydrogen-bond donors (Lipinski definition) is 1. The number of carbonyl (C=O) groups is 2. The Labute approximate surface area is 216 Å². The van der Waals surface area contributed by atoms with Crippen molar-refractivity contribution in [1.82, 2.24) is 10.2 Å². The van der Waals surface area contributed by atoms with Crippen LogP contribution in [0, 0.1) is 5.82 Å². The van der Waals surface area contributed by atoms with Gasteiger partial charge in [-0.2, -0.15) is 0 Å². The number of amides is 2. The number of rotatable bonds is 11. The standard InChI is InChI=1S/C27H30FN3O5S/c1-4-25(27(33)29-2)30(18-20-10-12-21(28)13-11-20)26(32)19-31(22-8-6-5-7-9-22)37(34,35)24-16-14-23(36-3)15-17-24/h5-17,25H,4,18-19H2,1-3H3,(H,29,33)/t25-/m0/s1. The lowest BCUT2D eigenvalue weighted by molar-refractivity contribution is -0.140. The third kappa shape index (κ3) is 6.65. The van der Waals surface area contributed by atoms with Crippen LogP contribution in [0.2, 0.25) is 0 Å². The third-order valence-corrected chi connectivity index (χ3v) is 7.66. The maximum absolute atomic E-state index is 13.7. The monoisotopic (exact) mass is 527 g/mol. The molecule has 0 saturated carbocycles. The van der Waals surface area contributed by atoms with Gasteiger partial charge in [0.15, 0.2) is 0 Å². The van der Waals surface area contributed by atoms with E-state index in [1.165, 1.54) is 67.6 Å². The molecule has 196 valence electrons. The lowest BCUT2D eigenvalue weighted by atomic mass is 10.1. The van der Waals surface area contributed by atoms with Crippen molar-refractivity contribution in [2.75, 3.05) is 25.0 Å². The Morgan fingerprint density at radius 1 is 0.973 bits per heavy atom. The zero-order valence-corrected chi connectivity index (χ0v) is 21.7. The molecular weight excluding hydrogens is 497 g/mol. The van der Waals surface area contributed by atoms with Gasteiger partial charge in [0.2, 0.25) is 11.8 Å². The van der Waals surface area contributed by atoms with Gasteiger partial charge in [-0.25, -0.2) is 12.8 Å². The number of anilines is 1. The fraction of sp³-hybridized carbons (Fsp3) is 0.259. The van der Waals surface area contributed by atoms with E-state index in [9.17, 15) is 22.4 Å². The summed E-state index contributed by atoms with van der Waals surface area (Å²) in [6, 6.07) is 18.9. The molecule has 3 rings (SSSR count). The molecule has 37 heavy (non-hydrogen) atoms. The van der Waals surface area contributed by atoms with Gasteiger partial charge in [-0.05, 0) is 60.5 Å². The predicted octanol–water partition coefficient (Wildman–Crippen LogP) is 3.58. The Hall–Kier alpha value is -3.92. The molecule has 0 fully saturated rings. The Morgan fingerprint density at radius 3 is 2.14 bits per heavy atom. The Bertz CT molecular complexity index is 1300. The molecule has 1 N–H and O–H groups in total. The molecule has 0 spiro atoms. The summed E-state index contributed by atoms with van der Waals surface area (Å²) in [5, 5.41) is 2.56. The number of ether oxygens (including phenoxy) is 1. The number of benzene rings is 3. The third-order valence-electron chi connectivity index (χ3n) is 5.87. The van der Waals surface area contributed by atoms with Gasteiger partial charge in [-0.3, -0.25) is 13.9 Å². The van der Waals surface area contributed by atoms with E-state index in [-0.39, 0.29) is 17.3 Å². The second-order valence-corrected chi connectivity index (χ2v) is 10.1. The predicted molar refractivity (Wildman–Crippen MR) is 139 cm³/mol. The molecule has 1 atom stereocenters. The van der Waals surface area contributed by atoms with E-state index in [2.05, 4.69) is 5.32 Å². The summed E-state index contributed by atoms with van der Waals surface area (Å²) in [5.41, 5.74) is 0.891. The number of sulfonamides is 1. The first-order valence-corrected chi connectivity index (χ1v) is 13.1. The summed E-state index contributed by atoms with van der Waals surface area (Å²) < 4.78 is 47.0. The van der Waals surface area contributed by atoms with Crippen LogP contribution < -0.4 is 14.4 Å². The quantitative estimate of drug-likeness (QED) is 0.411. The SMILES string of the molecule is CC[C@@H](C(=O)NC)N(Cc1ccc(F)cc1)C(=O)CN(c1ccccc1)S(=O)(=O)c1ccc(OC)cc1. The highest BCUT2D eigenvalue weighted by Crippen LogP contribution is 2.26. The first kappa shape index (κ1) is 27.7. The Morgan fingerprint density at radius 2 is 1.59 bits per heavy atom. The van der Waals surface area contributed by atoms with Crippen molar-refractivity contribution < 1.29 is 27.1 Å². The maximum Gasteiger partial charge on any atom is 0.264 e. The second-order valence-electron chi connectivity index (χ2n) is 8.21. The lowest BCUT2D eigenvalue weighted by Gasteiger charge is -2.33. The largest absolute Gasteiger partial charge is 0.497 e. The van der Waals surface area contributed by atoms with Gasteiger partial charge in [-0.1, -0.05) is 37.3 Å². The molecule has 0 radical (unpaired) electrons. The minimum atomic E-state index is -4.16. The fourth-order valence-electron chi connectivity index (χ4n) is 3.87. The van der Waals surface area contributed by atoms with E-state index in [1.54, 1.807) is 37.3 Å². The molecule has 0 bridgehead atoms. The van der Waals surface area contributed by atoms with Crippen LogP contribution in [0.15, 0.2) is 83.8 Å². The van der Waals surface area contributed by atoms with E-state index in [4.69, 9.17) is 4.74 Å². The zero-order chi connectivity index (χ0) is 27.0. The highest BCUT2D eigenvalue weighted by atomic mass is 32.2. The number of nitrogens with one attached hydrogen (secondary N) is 1. The van der Waals surface area contributed by atoms with Crippen LogP contribution >= 0.6 is 0 Å². The maximum atomic E-state index is 13.7. The van der Waals surface area contributed by atoms with E-state index < -0.39 is 34.3 Å². The molecule has 3 aromatic carbocycles. The first-order valence-electron chi connectivity index (χ1n) is 11.7. The van der Waals surface area contributed by atoms with Crippen molar-refractivity contribution in [2.24, 2.45) is 0 Å². The van der Waals surface area contributed by atoms with Crippen LogP contribution in [0.25, 0.3) is 0 Å². The lowest BCUT2D eigenvalue weighted by Crippen LogP contribution is -2.51. The van der Waals surface area contributed by atoms with Crippen LogP contribution in [0.3, 0.4) is 0 Å². The molecule has 2 amide bonds. The van der Waals surface area contributed by atoms with Crippen LogP contribution in [0.5, 0.6) is 5.75 Å². The van der Waals surface area contributed by atoms with Crippen molar-refractivity contribution in [3.05, 3.63) is 90.2 Å². The fourth-order valence-corrected chi connectivity index (χ4v) is 5.28. The van der Waals surface area contributed by atoms with Crippen molar-refractivity contribution in [2.45, 2.75) is 30.8 Å². The molecule has 3 aromatic rings. The average molecular weight is 528 g/mol. The van der Waals surface area contributed by atoms with Crippen molar-refractivity contribution >= 4 is 27.5 Å². The smallest absolute Gasteiger partial charge is 0.264 e. The highest BCUT2D eigenvalue weighted by Gasteiger charge is 2.33. The second kappa shape index (κ2) is 12.4. The Kier molecular flexibility index (Phi) is 9.24. The normalized spacial score (nSPS) is 11.9. The van der Waals surface area contributed by atoms with Gasteiger partial charge in [0, 0.05) is 13.6 Å². The summed E-state index contributed by atoms with van der Waals surface area (Å²) in [6.07, 6.45) is 0.295. The molecule has 0 aliphatic carbocycles. The van der Waals surface area contributed by atoms with Crippen LogP contribution in [-0.4, -0.2) is 51.9 Å². The van der Waals surface area contributed by atoms with Crippen molar-refractivity contribution in [1.29, 1.82) is 0 Å². The van der Waals surface area contributed by atoms with Gasteiger partial charge in [0.05, 0.1) is 17.7 Å². The molecule has 0 aliphatic rings. The number of methoxy groups -OCH3 is 1. The number of nitrogens with zero attached hydrogens (tertiary/aromatic N) is 2. The molecule has 0 saturated heterocycles.